The molecule has 1 atom stereocenters. The Hall–Kier alpha value is -1.40. The van der Waals surface area contributed by atoms with Crippen LogP contribution in [0, 0.1) is 0 Å². The third-order valence-corrected chi connectivity index (χ3v) is 3.27. The van der Waals surface area contributed by atoms with Crippen molar-refractivity contribution in [1.29, 1.82) is 0 Å². The van der Waals surface area contributed by atoms with Crippen LogP contribution in [0.3, 0.4) is 0 Å². The van der Waals surface area contributed by atoms with E-state index in [0.29, 0.717) is 13.1 Å². The Morgan fingerprint density at radius 3 is 2.50 bits per heavy atom. The number of halogens is 1. The second-order valence-corrected chi connectivity index (χ2v) is 5.42. The van der Waals surface area contributed by atoms with E-state index >= 15 is 0 Å². The monoisotopic (exact) mass is 341 g/mol. The molecule has 0 radical (unpaired) electrons. The van der Waals surface area contributed by atoms with Gasteiger partial charge in [-0.3, -0.25) is 9.59 Å². The summed E-state index contributed by atoms with van der Waals surface area (Å²) in [5, 5.41) is 5.59. The number of benzene rings is 1. The van der Waals surface area contributed by atoms with Crippen molar-refractivity contribution in [2.75, 3.05) is 13.1 Å². The number of carbonyl (C=O) groups excluding carboxylic acids is 2. The molecule has 5 nitrogen and oxygen atoms in total. The molecule has 110 valence electrons. The van der Waals surface area contributed by atoms with Gasteiger partial charge in [-0.15, -0.1) is 0 Å². The highest BCUT2D eigenvalue weighted by Crippen LogP contribution is 2.19. The molecule has 6 heteroatoms. The maximum Gasteiger partial charge on any atom is 0.222 e. The van der Waals surface area contributed by atoms with Gasteiger partial charge in [0.2, 0.25) is 11.8 Å². The molecule has 0 aromatic heterocycles. The number of nitrogens with two attached hydrogens (primary N) is 1. The van der Waals surface area contributed by atoms with Crippen molar-refractivity contribution < 1.29 is 9.59 Å². The normalized spacial score (nSPS) is 11.8. The molecule has 0 saturated heterocycles. The van der Waals surface area contributed by atoms with Crippen LogP contribution in [0.1, 0.15) is 31.4 Å². The quantitative estimate of drug-likeness (QED) is 0.657. The van der Waals surface area contributed by atoms with Gasteiger partial charge in [0.1, 0.15) is 0 Å². The van der Waals surface area contributed by atoms with Gasteiger partial charge in [-0.2, -0.15) is 0 Å². The molecule has 1 aromatic carbocycles. The van der Waals surface area contributed by atoms with Crippen molar-refractivity contribution in [2.45, 2.75) is 25.8 Å². The van der Waals surface area contributed by atoms with E-state index in [1.54, 1.807) is 0 Å². The van der Waals surface area contributed by atoms with Crippen LogP contribution in [0.25, 0.3) is 0 Å². The van der Waals surface area contributed by atoms with Crippen molar-refractivity contribution in [1.82, 2.24) is 10.6 Å². The van der Waals surface area contributed by atoms with Crippen LogP contribution in [0.4, 0.5) is 0 Å². The molecule has 0 heterocycles. The third kappa shape index (κ3) is 6.16. The summed E-state index contributed by atoms with van der Waals surface area (Å²) in [6.45, 7) is 2.54. The number of amides is 2. The SMILES string of the molecule is CC(=O)NC(CC(=O)NCCCN)c1ccc(Br)cc1. The summed E-state index contributed by atoms with van der Waals surface area (Å²) in [4.78, 5) is 23.1. The van der Waals surface area contributed by atoms with Crippen molar-refractivity contribution in [3.05, 3.63) is 34.3 Å². The van der Waals surface area contributed by atoms with E-state index in [4.69, 9.17) is 5.73 Å². The lowest BCUT2D eigenvalue weighted by atomic mass is 10.0. The van der Waals surface area contributed by atoms with E-state index in [2.05, 4.69) is 26.6 Å². The minimum atomic E-state index is -0.321. The zero-order valence-electron chi connectivity index (χ0n) is 11.5. The maximum atomic E-state index is 11.8. The van der Waals surface area contributed by atoms with Crippen LogP contribution >= 0.6 is 15.9 Å². The summed E-state index contributed by atoms with van der Waals surface area (Å²) in [6.07, 6.45) is 0.959. The van der Waals surface area contributed by atoms with Gasteiger partial charge < -0.3 is 16.4 Å². The first-order valence-corrected chi connectivity index (χ1v) is 7.31. The van der Waals surface area contributed by atoms with Crippen LogP contribution < -0.4 is 16.4 Å². The fraction of sp³-hybridized carbons (Fsp3) is 0.429. The third-order valence-electron chi connectivity index (χ3n) is 2.74. The van der Waals surface area contributed by atoms with Crippen molar-refractivity contribution in [3.63, 3.8) is 0 Å². The first-order chi connectivity index (χ1) is 9.52. The summed E-state index contributed by atoms with van der Waals surface area (Å²) in [6, 6.07) is 7.22. The molecular weight excluding hydrogens is 322 g/mol. The Morgan fingerprint density at radius 2 is 1.95 bits per heavy atom. The zero-order valence-corrected chi connectivity index (χ0v) is 13.1. The largest absolute Gasteiger partial charge is 0.356 e. The lowest BCUT2D eigenvalue weighted by molar-refractivity contribution is -0.122. The standard InChI is InChI=1S/C14H20BrN3O2/c1-10(19)18-13(9-14(20)17-8-2-7-16)11-3-5-12(15)6-4-11/h3-6,13H,2,7-9,16H2,1H3,(H,17,20)(H,18,19). The van der Waals surface area contributed by atoms with E-state index in [9.17, 15) is 9.59 Å². The van der Waals surface area contributed by atoms with Gasteiger partial charge in [0.05, 0.1) is 12.5 Å². The first-order valence-electron chi connectivity index (χ1n) is 6.52. The summed E-state index contributed by atoms with van der Waals surface area (Å²) in [5.41, 5.74) is 6.27. The van der Waals surface area contributed by atoms with E-state index in [0.717, 1.165) is 16.5 Å². The smallest absolute Gasteiger partial charge is 0.222 e. The van der Waals surface area contributed by atoms with Crippen molar-refractivity contribution in [3.8, 4) is 0 Å². The molecule has 1 unspecified atom stereocenters. The topological polar surface area (TPSA) is 84.2 Å². The molecule has 1 rings (SSSR count). The molecule has 0 fully saturated rings. The molecule has 0 aliphatic heterocycles. The molecule has 0 aliphatic carbocycles. The number of nitrogens with one attached hydrogen (secondary N) is 2. The van der Waals surface area contributed by atoms with Crippen LogP contribution in [-0.4, -0.2) is 24.9 Å². The highest BCUT2D eigenvalue weighted by atomic mass is 79.9. The van der Waals surface area contributed by atoms with Gasteiger partial charge in [-0.05, 0) is 30.7 Å². The zero-order chi connectivity index (χ0) is 15.0. The summed E-state index contributed by atoms with van der Waals surface area (Å²) in [7, 11) is 0. The fourth-order valence-electron chi connectivity index (χ4n) is 1.78. The average molecular weight is 342 g/mol. The highest BCUT2D eigenvalue weighted by Gasteiger charge is 2.16. The second-order valence-electron chi connectivity index (χ2n) is 4.50. The highest BCUT2D eigenvalue weighted by molar-refractivity contribution is 9.10. The first kappa shape index (κ1) is 16.7. The molecule has 4 N–H and O–H groups in total. The van der Waals surface area contributed by atoms with Gasteiger partial charge in [0, 0.05) is 17.9 Å². The van der Waals surface area contributed by atoms with E-state index in [1.807, 2.05) is 24.3 Å². The Morgan fingerprint density at radius 1 is 1.30 bits per heavy atom. The molecule has 2 amide bonds. The van der Waals surface area contributed by atoms with Crippen molar-refractivity contribution in [2.24, 2.45) is 5.73 Å². The average Bonchev–Trinajstić information content (AvgIpc) is 2.38. The lowest BCUT2D eigenvalue weighted by Gasteiger charge is -2.18. The fourth-order valence-corrected chi connectivity index (χ4v) is 2.04. The Bertz CT molecular complexity index is 448. The number of hydrogen-bond donors (Lipinski definition) is 3. The van der Waals surface area contributed by atoms with E-state index in [-0.39, 0.29) is 24.3 Å². The Balaban J connectivity index is 2.67. The molecule has 0 aliphatic rings. The van der Waals surface area contributed by atoms with Gasteiger partial charge in [-0.1, -0.05) is 28.1 Å². The molecule has 0 spiro atoms. The molecule has 20 heavy (non-hydrogen) atoms. The minimum absolute atomic E-state index is 0.0971. The number of hydrogen-bond acceptors (Lipinski definition) is 3. The number of carbonyl (C=O) groups is 2. The second kappa shape index (κ2) is 8.71. The molecule has 0 bridgehead atoms. The van der Waals surface area contributed by atoms with Crippen LogP contribution in [-0.2, 0) is 9.59 Å². The number of rotatable bonds is 7. The van der Waals surface area contributed by atoms with E-state index < -0.39 is 0 Å². The van der Waals surface area contributed by atoms with Gasteiger partial charge in [0.15, 0.2) is 0 Å². The Labute approximate surface area is 127 Å². The predicted octanol–water partition coefficient (Wildman–Crippen LogP) is 1.48. The van der Waals surface area contributed by atoms with Gasteiger partial charge in [-0.25, -0.2) is 0 Å². The van der Waals surface area contributed by atoms with Crippen LogP contribution in [0.5, 0.6) is 0 Å². The molecule has 1 aromatic rings. The minimum Gasteiger partial charge on any atom is -0.356 e. The molecule has 0 saturated carbocycles. The maximum absolute atomic E-state index is 11.8. The van der Waals surface area contributed by atoms with Crippen LogP contribution in [0.2, 0.25) is 0 Å². The summed E-state index contributed by atoms with van der Waals surface area (Å²) in [5.74, 6) is -0.257. The summed E-state index contributed by atoms with van der Waals surface area (Å²) < 4.78 is 0.954. The Kier molecular flexibility index (Phi) is 7.25. The van der Waals surface area contributed by atoms with E-state index in [1.165, 1.54) is 6.92 Å². The predicted molar refractivity (Wildman–Crippen MR) is 82.0 cm³/mol. The lowest BCUT2D eigenvalue weighted by Crippen LogP contribution is -2.33. The van der Waals surface area contributed by atoms with Crippen LogP contribution in [0.15, 0.2) is 28.7 Å². The summed E-state index contributed by atoms with van der Waals surface area (Å²) >= 11 is 3.36. The molecular formula is C14H20BrN3O2. The van der Waals surface area contributed by atoms with Crippen molar-refractivity contribution >= 4 is 27.7 Å². The van der Waals surface area contributed by atoms with Gasteiger partial charge >= 0.3 is 0 Å². The van der Waals surface area contributed by atoms with Gasteiger partial charge in [0.25, 0.3) is 0 Å².